The predicted octanol–water partition coefficient (Wildman–Crippen LogP) is 2.99. The summed E-state index contributed by atoms with van der Waals surface area (Å²) in [4.78, 5) is 9.92. The quantitative estimate of drug-likeness (QED) is 0.680. The third-order valence-corrected chi connectivity index (χ3v) is 3.15. The van der Waals surface area contributed by atoms with Crippen molar-refractivity contribution in [2.45, 2.75) is 18.9 Å². The Morgan fingerprint density at radius 3 is 2.38 bits per heavy atom. The van der Waals surface area contributed by atoms with E-state index in [9.17, 15) is 18.9 Å². The molecule has 110 valence electrons. The van der Waals surface area contributed by atoms with Crippen molar-refractivity contribution in [3.63, 3.8) is 0 Å². The van der Waals surface area contributed by atoms with Gasteiger partial charge in [-0.2, -0.15) is 4.39 Å². The Labute approximate surface area is 120 Å². The molecule has 0 fully saturated rings. The summed E-state index contributed by atoms with van der Waals surface area (Å²) >= 11 is 0. The summed E-state index contributed by atoms with van der Waals surface area (Å²) in [6, 6.07) is 9.49. The van der Waals surface area contributed by atoms with Crippen molar-refractivity contribution in [1.82, 2.24) is 0 Å². The molecule has 1 unspecified atom stereocenters. The summed E-state index contributed by atoms with van der Waals surface area (Å²) in [7, 11) is 0. The molecule has 2 rings (SSSR count). The average molecular weight is 292 g/mol. The fourth-order valence-corrected chi connectivity index (χ4v) is 2.14. The zero-order valence-electron chi connectivity index (χ0n) is 11.1. The Kier molecular flexibility index (Phi) is 4.59. The number of nitro benzene ring substituents is 1. The molecule has 0 heterocycles. The molecular formula is C15H14F2N2O2. The number of hydrogen-bond donors (Lipinski definition) is 1. The van der Waals surface area contributed by atoms with Crippen LogP contribution >= 0.6 is 0 Å². The van der Waals surface area contributed by atoms with Crippen LogP contribution in [0.5, 0.6) is 0 Å². The largest absolute Gasteiger partial charge is 0.327 e. The minimum Gasteiger partial charge on any atom is -0.327 e. The number of rotatable bonds is 5. The summed E-state index contributed by atoms with van der Waals surface area (Å²) in [6.07, 6.45) is 0.604. The first-order valence-corrected chi connectivity index (χ1v) is 6.39. The lowest BCUT2D eigenvalue weighted by atomic mass is 9.99. The molecule has 2 aromatic carbocycles. The van der Waals surface area contributed by atoms with Crippen LogP contribution in [0.2, 0.25) is 0 Å². The standard InChI is InChI=1S/C15H14F2N2O2/c16-12-6-4-10(5-7-12)8-13(18)9-11-2-1-3-14(15(11)17)19(20)21/h1-7,13H,8-9,18H2. The topological polar surface area (TPSA) is 69.2 Å². The molecule has 21 heavy (non-hydrogen) atoms. The third-order valence-electron chi connectivity index (χ3n) is 3.15. The van der Waals surface area contributed by atoms with Gasteiger partial charge in [-0.25, -0.2) is 4.39 Å². The van der Waals surface area contributed by atoms with E-state index in [4.69, 9.17) is 5.73 Å². The second kappa shape index (κ2) is 6.41. The summed E-state index contributed by atoms with van der Waals surface area (Å²) in [5.41, 5.74) is 6.42. The smallest absolute Gasteiger partial charge is 0.305 e. The van der Waals surface area contributed by atoms with Crippen LogP contribution in [0, 0.1) is 21.7 Å². The van der Waals surface area contributed by atoms with E-state index in [1.165, 1.54) is 24.3 Å². The maximum Gasteiger partial charge on any atom is 0.305 e. The highest BCUT2D eigenvalue weighted by Gasteiger charge is 2.18. The number of nitro groups is 1. The minimum atomic E-state index is -0.850. The number of benzene rings is 2. The van der Waals surface area contributed by atoms with Gasteiger partial charge in [-0.3, -0.25) is 10.1 Å². The van der Waals surface area contributed by atoms with Crippen LogP contribution in [0.15, 0.2) is 42.5 Å². The molecule has 0 aliphatic heterocycles. The summed E-state index contributed by atoms with van der Waals surface area (Å²) in [5, 5.41) is 10.7. The van der Waals surface area contributed by atoms with Gasteiger partial charge in [-0.15, -0.1) is 0 Å². The van der Waals surface area contributed by atoms with Crippen molar-refractivity contribution < 1.29 is 13.7 Å². The van der Waals surface area contributed by atoms with Crippen LogP contribution in [0.4, 0.5) is 14.5 Å². The maximum absolute atomic E-state index is 13.9. The van der Waals surface area contributed by atoms with E-state index in [1.54, 1.807) is 12.1 Å². The van der Waals surface area contributed by atoms with Crippen molar-refractivity contribution in [1.29, 1.82) is 0 Å². The van der Waals surface area contributed by atoms with E-state index in [0.29, 0.717) is 6.42 Å². The molecule has 0 radical (unpaired) electrons. The number of halogens is 2. The van der Waals surface area contributed by atoms with E-state index in [0.717, 1.165) is 11.6 Å². The van der Waals surface area contributed by atoms with Crippen molar-refractivity contribution in [3.8, 4) is 0 Å². The molecular weight excluding hydrogens is 278 g/mol. The van der Waals surface area contributed by atoms with Gasteiger partial charge in [-0.05, 0) is 36.1 Å². The lowest BCUT2D eigenvalue weighted by Gasteiger charge is -2.12. The van der Waals surface area contributed by atoms with Gasteiger partial charge in [0.05, 0.1) is 4.92 Å². The Balaban J connectivity index is 2.09. The van der Waals surface area contributed by atoms with Crippen molar-refractivity contribution in [3.05, 3.63) is 75.3 Å². The molecule has 0 bridgehead atoms. The number of nitrogens with zero attached hydrogens (tertiary/aromatic N) is 1. The molecule has 1 atom stereocenters. The van der Waals surface area contributed by atoms with Gasteiger partial charge in [0.25, 0.3) is 0 Å². The molecule has 0 saturated carbocycles. The van der Waals surface area contributed by atoms with Crippen LogP contribution in [0.25, 0.3) is 0 Å². The second-order valence-electron chi connectivity index (χ2n) is 4.80. The normalized spacial score (nSPS) is 12.1. The van der Waals surface area contributed by atoms with E-state index in [1.807, 2.05) is 0 Å². The van der Waals surface area contributed by atoms with Gasteiger partial charge in [0.15, 0.2) is 0 Å². The third kappa shape index (κ3) is 3.82. The first-order valence-electron chi connectivity index (χ1n) is 6.39. The molecule has 2 aromatic rings. The van der Waals surface area contributed by atoms with E-state index >= 15 is 0 Å². The number of nitrogens with two attached hydrogens (primary N) is 1. The molecule has 0 amide bonds. The lowest BCUT2D eigenvalue weighted by Crippen LogP contribution is -2.26. The van der Waals surface area contributed by atoms with Crippen LogP contribution in [0.3, 0.4) is 0 Å². The SMILES string of the molecule is NC(Cc1ccc(F)cc1)Cc1cccc([N+](=O)[O-])c1F. The highest BCUT2D eigenvalue weighted by atomic mass is 19.1. The lowest BCUT2D eigenvalue weighted by molar-refractivity contribution is -0.387. The van der Waals surface area contributed by atoms with Gasteiger partial charge in [0, 0.05) is 12.1 Å². The fraction of sp³-hybridized carbons (Fsp3) is 0.200. The molecule has 6 heteroatoms. The molecule has 4 nitrogen and oxygen atoms in total. The Bertz CT molecular complexity index is 645. The molecule has 0 aliphatic carbocycles. The van der Waals surface area contributed by atoms with Crippen molar-refractivity contribution in [2.75, 3.05) is 0 Å². The Morgan fingerprint density at radius 2 is 1.76 bits per heavy atom. The van der Waals surface area contributed by atoms with Crippen LogP contribution in [-0.4, -0.2) is 11.0 Å². The van der Waals surface area contributed by atoms with Crippen LogP contribution < -0.4 is 5.73 Å². The molecule has 0 aliphatic rings. The first kappa shape index (κ1) is 15.1. The van der Waals surface area contributed by atoms with Gasteiger partial charge in [-0.1, -0.05) is 24.3 Å². The van der Waals surface area contributed by atoms with E-state index in [-0.39, 0.29) is 17.8 Å². The van der Waals surface area contributed by atoms with Gasteiger partial charge in [0.1, 0.15) is 5.82 Å². The second-order valence-corrected chi connectivity index (χ2v) is 4.80. The summed E-state index contributed by atoms with van der Waals surface area (Å²) in [6.45, 7) is 0. The zero-order chi connectivity index (χ0) is 15.4. The van der Waals surface area contributed by atoms with Crippen LogP contribution in [-0.2, 0) is 12.8 Å². The molecule has 2 N–H and O–H groups in total. The zero-order valence-corrected chi connectivity index (χ0v) is 11.1. The molecule has 0 aromatic heterocycles. The van der Waals surface area contributed by atoms with E-state index < -0.39 is 22.5 Å². The summed E-state index contributed by atoms with van der Waals surface area (Å²) < 4.78 is 26.7. The van der Waals surface area contributed by atoms with Crippen molar-refractivity contribution >= 4 is 5.69 Å². The first-order chi connectivity index (χ1) is 9.97. The Morgan fingerprint density at radius 1 is 1.10 bits per heavy atom. The van der Waals surface area contributed by atoms with Gasteiger partial charge >= 0.3 is 5.69 Å². The monoisotopic (exact) mass is 292 g/mol. The highest BCUT2D eigenvalue weighted by Crippen LogP contribution is 2.21. The number of hydrogen-bond acceptors (Lipinski definition) is 3. The highest BCUT2D eigenvalue weighted by molar-refractivity contribution is 5.37. The maximum atomic E-state index is 13.9. The van der Waals surface area contributed by atoms with Gasteiger partial charge in [0.2, 0.25) is 5.82 Å². The summed E-state index contributed by atoms with van der Waals surface area (Å²) in [5.74, 6) is -1.19. The fourth-order valence-electron chi connectivity index (χ4n) is 2.14. The Hall–Kier alpha value is -2.34. The molecule has 0 saturated heterocycles. The minimum absolute atomic E-state index is 0.172. The van der Waals surface area contributed by atoms with Crippen molar-refractivity contribution in [2.24, 2.45) is 5.73 Å². The van der Waals surface area contributed by atoms with E-state index in [2.05, 4.69) is 0 Å². The molecule has 0 spiro atoms. The average Bonchev–Trinajstić information content (AvgIpc) is 2.43. The predicted molar refractivity (Wildman–Crippen MR) is 74.8 cm³/mol. The van der Waals surface area contributed by atoms with Gasteiger partial charge < -0.3 is 5.73 Å². The van der Waals surface area contributed by atoms with Crippen LogP contribution in [0.1, 0.15) is 11.1 Å².